The second-order valence-electron chi connectivity index (χ2n) is 3.88. The molecule has 0 amide bonds. The molecule has 1 atom stereocenters. The number of ether oxygens (including phenoxy) is 2. The Hall–Kier alpha value is -0.450. The van der Waals surface area contributed by atoms with Crippen molar-refractivity contribution in [2.75, 3.05) is 20.2 Å². The summed E-state index contributed by atoms with van der Waals surface area (Å²) in [6.07, 6.45) is 2.57. The van der Waals surface area contributed by atoms with E-state index in [2.05, 4.69) is 21.2 Å². The van der Waals surface area contributed by atoms with Crippen LogP contribution in [0, 0.1) is 0 Å². The van der Waals surface area contributed by atoms with Gasteiger partial charge in [-0.15, -0.1) is 12.4 Å². The van der Waals surface area contributed by atoms with Crippen molar-refractivity contribution in [3.8, 4) is 11.5 Å². The molecular weight excluding hydrogens is 305 g/mol. The number of hydrogen-bond acceptors (Lipinski definition) is 3. The first-order chi connectivity index (χ1) is 7.79. The maximum atomic E-state index is 5.92. The first kappa shape index (κ1) is 14.6. The third kappa shape index (κ3) is 4.05. The summed E-state index contributed by atoms with van der Waals surface area (Å²) < 4.78 is 12.0. The minimum absolute atomic E-state index is 0. The molecule has 3 nitrogen and oxygen atoms in total. The fourth-order valence-electron chi connectivity index (χ4n) is 1.80. The van der Waals surface area contributed by atoms with Gasteiger partial charge in [-0.25, -0.2) is 0 Å². The fourth-order valence-corrected chi connectivity index (χ4v) is 2.26. The predicted molar refractivity (Wildman–Crippen MR) is 74.5 cm³/mol. The average Bonchev–Trinajstić information content (AvgIpc) is 2.33. The third-order valence-corrected chi connectivity index (χ3v) is 3.30. The molecule has 1 fully saturated rings. The molecule has 17 heavy (non-hydrogen) atoms. The lowest BCUT2D eigenvalue weighted by Crippen LogP contribution is -2.37. The van der Waals surface area contributed by atoms with Gasteiger partial charge >= 0.3 is 0 Å². The Morgan fingerprint density at radius 2 is 2.24 bits per heavy atom. The molecule has 1 aromatic carbocycles. The van der Waals surface area contributed by atoms with Crippen LogP contribution in [-0.4, -0.2) is 26.3 Å². The highest BCUT2D eigenvalue weighted by Crippen LogP contribution is 2.30. The molecule has 1 aromatic rings. The molecule has 1 saturated heterocycles. The average molecular weight is 323 g/mol. The zero-order valence-electron chi connectivity index (χ0n) is 9.74. The highest BCUT2D eigenvalue weighted by Gasteiger charge is 2.15. The molecule has 0 radical (unpaired) electrons. The lowest BCUT2D eigenvalue weighted by Gasteiger charge is -2.24. The van der Waals surface area contributed by atoms with Crippen molar-refractivity contribution >= 4 is 28.3 Å². The minimum Gasteiger partial charge on any atom is -0.497 e. The second kappa shape index (κ2) is 7.09. The Morgan fingerprint density at radius 3 is 2.82 bits per heavy atom. The quantitative estimate of drug-likeness (QED) is 0.928. The van der Waals surface area contributed by atoms with Crippen LogP contribution in [0.5, 0.6) is 11.5 Å². The number of benzene rings is 1. The largest absolute Gasteiger partial charge is 0.497 e. The van der Waals surface area contributed by atoms with Crippen molar-refractivity contribution in [3.63, 3.8) is 0 Å². The van der Waals surface area contributed by atoms with E-state index in [9.17, 15) is 0 Å². The summed E-state index contributed by atoms with van der Waals surface area (Å²) in [7, 11) is 1.66. The SMILES string of the molecule is COc1ccc(OC2CCCNC2)c(Br)c1.Cl. The van der Waals surface area contributed by atoms with E-state index in [1.54, 1.807) is 7.11 Å². The van der Waals surface area contributed by atoms with Gasteiger partial charge in [0, 0.05) is 6.54 Å². The Balaban J connectivity index is 0.00000144. The van der Waals surface area contributed by atoms with E-state index in [1.165, 1.54) is 6.42 Å². The number of hydrogen-bond donors (Lipinski definition) is 1. The fraction of sp³-hybridized carbons (Fsp3) is 0.500. The van der Waals surface area contributed by atoms with Crippen molar-refractivity contribution < 1.29 is 9.47 Å². The molecule has 96 valence electrons. The smallest absolute Gasteiger partial charge is 0.134 e. The molecule has 0 aromatic heterocycles. The summed E-state index contributed by atoms with van der Waals surface area (Å²) in [5, 5.41) is 3.33. The van der Waals surface area contributed by atoms with E-state index < -0.39 is 0 Å². The normalized spacial score (nSPS) is 19.3. The Labute approximate surface area is 116 Å². The van der Waals surface area contributed by atoms with Gasteiger partial charge in [-0.05, 0) is 53.5 Å². The summed E-state index contributed by atoms with van der Waals surface area (Å²) in [4.78, 5) is 0. The van der Waals surface area contributed by atoms with Crippen LogP contribution >= 0.6 is 28.3 Å². The molecule has 1 N–H and O–H groups in total. The molecule has 0 spiro atoms. The van der Waals surface area contributed by atoms with Gasteiger partial charge in [0.15, 0.2) is 0 Å². The Morgan fingerprint density at radius 1 is 1.41 bits per heavy atom. The lowest BCUT2D eigenvalue weighted by molar-refractivity contribution is 0.166. The molecule has 1 heterocycles. The van der Waals surface area contributed by atoms with E-state index >= 15 is 0 Å². The van der Waals surface area contributed by atoms with E-state index in [0.717, 1.165) is 35.5 Å². The molecule has 0 bridgehead atoms. The van der Waals surface area contributed by atoms with E-state index in [0.29, 0.717) is 0 Å². The van der Waals surface area contributed by atoms with Gasteiger partial charge in [0.05, 0.1) is 11.6 Å². The summed E-state index contributed by atoms with van der Waals surface area (Å²) in [6, 6.07) is 5.78. The maximum Gasteiger partial charge on any atom is 0.134 e. The van der Waals surface area contributed by atoms with Gasteiger partial charge in [0.1, 0.15) is 17.6 Å². The highest BCUT2D eigenvalue weighted by molar-refractivity contribution is 9.10. The minimum atomic E-state index is 0. The number of methoxy groups -OCH3 is 1. The number of halogens is 2. The third-order valence-electron chi connectivity index (χ3n) is 2.68. The Kier molecular flexibility index (Phi) is 6.09. The summed E-state index contributed by atoms with van der Waals surface area (Å²) >= 11 is 3.49. The molecule has 5 heteroatoms. The van der Waals surface area contributed by atoms with Gasteiger partial charge in [0.25, 0.3) is 0 Å². The molecule has 1 unspecified atom stereocenters. The lowest BCUT2D eigenvalue weighted by atomic mass is 10.1. The van der Waals surface area contributed by atoms with E-state index in [1.807, 2.05) is 18.2 Å². The van der Waals surface area contributed by atoms with Crippen molar-refractivity contribution in [3.05, 3.63) is 22.7 Å². The van der Waals surface area contributed by atoms with Crippen LogP contribution in [0.15, 0.2) is 22.7 Å². The van der Waals surface area contributed by atoms with E-state index in [4.69, 9.17) is 9.47 Å². The van der Waals surface area contributed by atoms with Crippen molar-refractivity contribution in [2.24, 2.45) is 0 Å². The first-order valence-electron chi connectivity index (χ1n) is 5.50. The van der Waals surface area contributed by atoms with Gasteiger partial charge in [-0.2, -0.15) is 0 Å². The summed E-state index contributed by atoms with van der Waals surface area (Å²) in [5.74, 6) is 1.72. The monoisotopic (exact) mass is 321 g/mol. The number of nitrogens with one attached hydrogen (secondary N) is 1. The zero-order valence-corrected chi connectivity index (χ0v) is 12.1. The molecule has 1 aliphatic heterocycles. The molecule has 1 aliphatic rings. The van der Waals surface area contributed by atoms with Crippen molar-refractivity contribution in [1.29, 1.82) is 0 Å². The second-order valence-corrected chi connectivity index (χ2v) is 4.74. The van der Waals surface area contributed by atoms with Crippen LogP contribution in [0.25, 0.3) is 0 Å². The topological polar surface area (TPSA) is 30.5 Å². The molecular formula is C12H17BrClNO2. The van der Waals surface area contributed by atoms with Crippen LogP contribution in [0.1, 0.15) is 12.8 Å². The van der Waals surface area contributed by atoms with Crippen molar-refractivity contribution in [1.82, 2.24) is 5.32 Å². The van der Waals surface area contributed by atoms with Crippen LogP contribution in [-0.2, 0) is 0 Å². The Bertz CT molecular complexity index is 356. The predicted octanol–water partition coefficient (Wildman–Crippen LogP) is 3.01. The molecule has 0 aliphatic carbocycles. The number of rotatable bonds is 3. The standard InChI is InChI=1S/C12H16BrNO2.ClH/c1-15-9-4-5-12(11(13)7-9)16-10-3-2-6-14-8-10;/h4-5,7,10,14H,2-3,6,8H2,1H3;1H. The van der Waals surface area contributed by atoms with Crippen LogP contribution in [0.4, 0.5) is 0 Å². The zero-order chi connectivity index (χ0) is 11.4. The number of piperidine rings is 1. The van der Waals surface area contributed by atoms with Gasteiger partial charge in [0.2, 0.25) is 0 Å². The summed E-state index contributed by atoms with van der Waals surface area (Å²) in [5.41, 5.74) is 0. The first-order valence-corrected chi connectivity index (χ1v) is 6.30. The molecule has 2 rings (SSSR count). The van der Waals surface area contributed by atoms with Crippen molar-refractivity contribution in [2.45, 2.75) is 18.9 Å². The highest BCUT2D eigenvalue weighted by atomic mass is 79.9. The van der Waals surface area contributed by atoms with Gasteiger partial charge < -0.3 is 14.8 Å². The summed E-state index contributed by atoms with van der Waals surface area (Å²) in [6.45, 7) is 2.03. The van der Waals surface area contributed by atoms with Crippen LogP contribution in [0.3, 0.4) is 0 Å². The molecule has 0 saturated carbocycles. The van der Waals surface area contributed by atoms with Gasteiger partial charge in [-0.3, -0.25) is 0 Å². The maximum absolute atomic E-state index is 5.92. The van der Waals surface area contributed by atoms with E-state index in [-0.39, 0.29) is 18.5 Å². The van der Waals surface area contributed by atoms with Gasteiger partial charge in [-0.1, -0.05) is 0 Å². The van der Waals surface area contributed by atoms with Crippen LogP contribution < -0.4 is 14.8 Å². The van der Waals surface area contributed by atoms with Crippen LogP contribution in [0.2, 0.25) is 0 Å².